The Hall–Kier alpha value is -2.39. The van der Waals surface area contributed by atoms with Gasteiger partial charge in [-0.05, 0) is 42.7 Å². The summed E-state index contributed by atoms with van der Waals surface area (Å²) in [5.41, 5.74) is 2.44. The van der Waals surface area contributed by atoms with Gasteiger partial charge in [0.15, 0.2) is 0 Å². The molecule has 1 fully saturated rings. The number of amides is 1. The van der Waals surface area contributed by atoms with Gasteiger partial charge in [0.25, 0.3) is 5.91 Å². The van der Waals surface area contributed by atoms with Crippen molar-refractivity contribution in [3.05, 3.63) is 76.9 Å². The van der Waals surface area contributed by atoms with E-state index in [1.807, 2.05) is 65.6 Å². The molecule has 3 nitrogen and oxygen atoms in total. The molecule has 0 unspecified atom stereocenters. The Balaban J connectivity index is 1.62. The van der Waals surface area contributed by atoms with Gasteiger partial charge in [0.05, 0.1) is 5.52 Å². The molecule has 1 aromatic heterocycles. The smallest absolute Gasteiger partial charge is 0.273 e. The molecule has 1 aliphatic rings. The summed E-state index contributed by atoms with van der Waals surface area (Å²) in [6.45, 7) is 0.592. The van der Waals surface area contributed by atoms with Crippen molar-refractivity contribution in [3.63, 3.8) is 0 Å². The van der Waals surface area contributed by atoms with Crippen LogP contribution >= 0.6 is 11.6 Å². The summed E-state index contributed by atoms with van der Waals surface area (Å²) >= 11 is 5.95. The van der Waals surface area contributed by atoms with Crippen LogP contribution in [0.2, 0.25) is 5.02 Å². The molecule has 0 N–H and O–H groups in total. The number of fused-ring (bicyclic) bond motifs is 1. The van der Waals surface area contributed by atoms with E-state index in [1.165, 1.54) is 0 Å². The highest BCUT2D eigenvalue weighted by Crippen LogP contribution is 2.30. The van der Waals surface area contributed by atoms with Crippen molar-refractivity contribution in [1.29, 1.82) is 0 Å². The van der Waals surface area contributed by atoms with Crippen LogP contribution in [0.4, 0.5) is 0 Å². The van der Waals surface area contributed by atoms with Crippen molar-refractivity contribution >= 4 is 28.4 Å². The second-order valence-corrected chi connectivity index (χ2v) is 6.62. The highest BCUT2D eigenvalue weighted by atomic mass is 35.5. The summed E-state index contributed by atoms with van der Waals surface area (Å²) in [5.74, 6) is -0.00166. The lowest BCUT2D eigenvalue weighted by molar-refractivity contribution is 0.0724. The monoisotopic (exact) mass is 336 g/mol. The van der Waals surface area contributed by atoms with E-state index < -0.39 is 0 Å². The fourth-order valence-electron chi connectivity index (χ4n) is 2.87. The van der Waals surface area contributed by atoms with Crippen LogP contribution in [0.5, 0.6) is 0 Å². The largest absolute Gasteiger partial charge is 0.330 e. The van der Waals surface area contributed by atoms with E-state index in [4.69, 9.17) is 11.6 Å². The fourth-order valence-corrected chi connectivity index (χ4v) is 3.00. The van der Waals surface area contributed by atoms with E-state index in [-0.39, 0.29) is 5.91 Å². The van der Waals surface area contributed by atoms with E-state index in [1.54, 1.807) is 0 Å². The summed E-state index contributed by atoms with van der Waals surface area (Å²) in [7, 11) is 0. The minimum Gasteiger partial charge on any atom is -0.330 e. The molecule has 4 heteroatoms. The van der Waals surface area contributed by atoms with Gasteiger partial charge in [-0.2, -0.15) is 0 Å². The zero-order chi connectivity index (χ0) is 16.5. The lowest BCUT2D eigenvalue weighted by Crippen LogP contribution is -2.33. The van der Waals surface area contributed by atoms with E-state index in [9.17, 15) is 4.79 Å². The Labute approximate surface area is 145 Å². The summed E-state index contributed by atoms with van der Waals surface area (Å²) in [5, 5.41) is 1.75. The molecule has 0 saturated heterocycles. The van der Waals surface area contributed by atoms with Gasteiger partial charge < -0.3 is 4.90 Å². The van der Waals surface area contributed by atoms with Crippen molar-refractivity contribution in [2.75, 3.05) is 0 Å². The Morgan fingerprint density at radius 2 is 1.79 bits per heavy atom. The number of pyridine rings is 1. The molecule has 0 aliphatic heterocycles. The van der Waals surface area contributed by atoms with Gasteiger partial charge in [-0.25, -0.2) is 4.98 Å². The number of carbonyl (C=O) groups excluding carboxylic acids is 1. The number of hydrogen-bond donors (Lipinski definition) is 0. The molecule has 0 radical (unpaired) electrons. The normalized spacial score (nSPS) is 13.9. The molecular weight excluding hydrogens is 320 g/mol. The Morgan fingerprint density at radius 1 is 1.04 bits per heavy atom. The molecule has 2 aromatic carbocycles. The van der Waals surface area contributed by atoms with Crippen LogP contribution in [0.15, 0.2) is 60.7 Å². The summed E-state index contributed by atoms with van der Waals surface area (Å²) in [6.07, 6.45) is 2.12. The Kier molecular flexibility index (Phi) is 3.95. The number of carbonyl (C=O) groups is 1. The maximum absolute atomic E-state index is 13.0. The number of halogens is 1. The number of rotatable bonds is 4. The average Bonchev–Trinajstić information content (AvgIpc) is 3.45. The standard InChI is InChI=1S/C20H17ClN2O/c21-16-8-5-14(6-9-16)13-23(17-10-11-17)20(24)19-12-7-15-3-1-2-4-18(15)22-19/h1-9,12,17H,10-11,13H2. The van der Waals surface area contributed by atoms with Crippen LogP contribution in [-0.4, -0.2) is 21.8 Å². The molecule has 1 heterocycles. The van der Waals surface area contributed by atoms with E-state index >= 15 is 0 Å². The number of nitrogens with zero attached hydrogens (tertiary/aromatic N) is 2. The van der Waals surface area contributed by atoms with Gasteiger partial charge in [0.1, 0.15) is 5.69 Å². The predicted molar refractivity (Wildman–Crippen MR) is 96.1 cm³/mol. The van der Waals surface area contributed by atoms with E-state index in [2.05, 4.69) is 4.98 Å². The lowest BCUT2D eigenvalue weighted by Gasteiger charge is -2.22. The van der Waals surface area contributed by atoms with Gasteiger partial charge in [-0.15, -0.1) is 0 Å². The van der Waals surface area contributed by atoms with Crippen molar-refractivity contribution in [2.45, 2.75) is 25.4 Å². The molecule has 1 saturated carbocycles. The molecule has 0 bridgehead atoms. The SMILES string of the molecule is O=C(c1ccc2ccccc2n1)N(Cc1ccc(Cl)cc1)C1CC1. The van der Waals surface area contributed by atoms with Crippen LogP contribution in [0.1, 0.15) is 28.9 Å². The molecule has 0 atom stereocenters. The number of para-hydroxylation sites is 1. The van der Waals surface area contributed by atoms with Crippen LogP contribution < -0.4 is 0 Å². The second-order valence-electron chi connectivity index (χ2n) is 6.18. The van der Waals surface area contributed by atoms with Gasteiger partial charge in [0, 0.05) is 23.0 Å². The number of benzene rings is 2. The van der Waals surface area contributed by atoms with E-state index in [0.29, 0.717) is 23.3 Å². The zero-order valence-corrected chi connectivity index (χ0v) is 13.9. The summed E-state index contributed by atoms with van der Waals surface area (Å²) < 4.78 is 0. The zero-order valence-electron chi connectivity index (χ0n) is 13.2. The van der Waals surface area contributed by atoms with Crippen molar-refractivity contribution in [1.82, 2.24) is 9.88 Å². The molecular formula is C20H17ClN2O. The summed E-state index contributed by atoms with van der Waals surface area (Å²) in [6, 6.07) is 19.6. The van der Waals surface area contributed by atoms with Gasteiger partial charge in [-0.3, -0.25) is 4.79 Å². The first-order chi connectivity index (χ1) is 11.7. The third-order valence-corrected chi connectivity index (χ3v) is 4.58. The molecule has 4 rings (SSSR count). The fraction of sp³-hybridized carbons (Fsp3) is 0.200. The highest BCUT2D eigenvalue weighted by Gasteiger charge is 2.33. The molecule has 120 valence electrons. The first-order valence-electron chi connectivity index (χ1n) is 8.12. The minimum atomic E-state index is -0.00166. The van der Waals surface area contributed by atoms with Gasteiger partial charge >= 0.3 is 0 Å². The molecule has 1 amide bonds. The average molecular weight is 337 g/mol. The van der Waals surface area contributed by atoms with Gasteiger partial charge in [0.2, 0.25) is 0 Å². The first-order valence-corrected chi connectivity index (χ1v) is 8.50. The number of aromatic nitrogens is 1. The quantitative estimate of drug-likeness (QED) is 0.692. The molecule has 3 aromatic rings. The maximum atomic E-state index is 13.0. The first kappa shape index (κ1) is 15.2. The van der Waals surface area contributed by atoms with Crippen LogP contribution in [0, 0.1) is 0 Å². The second kappa shape index (κ2) is 6.25. The third-order valence-electron chi connectivity index (χ3n) is 4.33. The van der Waals surface area contributed by atoms with Crippen LogP contribution in [0.25, 0.3) is 10.9 Å². The van der Waals surface area contributed by atoms with Crippen LogP contribution in [-0.2, 0) is 6.54 Å². The van der Waals surface area contributed by atoms with Crippen molar-refractivity contribution in [3.8, 4) is 0 Å². The molecule has 0 spiro atoms. The topological polar surface area (TPSA) is 33.2 Å². The number of hydrogen-bond acceptors (Lipinski definition) is 2. The van der Waals surface area contributed by atoms with E-state index in [0.717, 1.165) is 29.3 Å². The van der Waals surface area contributed by atoms with Gasteiger partial charge in [-0.1, -0.05) is 48.0 Å². The van der Waals surface area contributed by atoms with Crippen LogP contribution in [0.3, 0.4) is 0 Å². The summed E-state index contributed by atoms with van der Waals surface area (Å²) in [4.78, 5) is 19.5. The molecule has 24 heavy (non-hydrogen) atoms. The van der Waals surface area contributed by atoms with Crippen molar-refractivity contribution < 1.29 is 4.79 Å². The Bertz CT molecular complexity index is 888. The minimum absolute atomic E-state index is 0.00166. The molecule has 1 aliphatic carbocycles. The predicted octanol–water partition coefficient (Wildman–Crippen LogP) is 4.69. The lowest BCUT2D eigenvalue weighted by atomic mass is 10.1. The van der Waals surface area contributed by atoms with Crippen molar-refractivity contribution in [2.24, 2.45) is 0 Å². The third kappa shape index (κ3) is 3.13. The highest BCUT2D eigenvalue weighted by molar-refractivity contribution is 6.30. The Morgan fingerprint density at radius 3 is 2.54 bits per heavy atom. The maximum Gasteiger partial charge on any atom is 0.273 e.